The highest BCUT2D eigenvalue weighted by molar-refractivity contribution is 5.93. The van der Waals surface area contributed by atoms with Crippen LogP contribution in [-0.2, 0) is 25.7 Å². The molecule has 1 aromatic carbocycles. The average molecular weight is 748 g/mol. The van der Waals surface area contributed by atoms with E-state index in [0.29, 0.717) is 58.3 Å². The lowest BCUT2D eigenvalue weighted by Gasteiger charge is -2.35. The van der Waals surface area contributed by atoms with Crippen molar-refractivity contribution >= 4 is 40.9 Å². The Morgan fingerprint density at radius 1 is 1.08 bits per heavy atom. The number of aromatic nitrogens is 3. The normalized spacial score (nSPS) is 16.8. The van der Waals surface area contributed by atoms with Crippen molar-refractivity contribution in [2.24, 2.45) is 5.92 Å². The zero-order valence-electron chi connectivity index (χ0n) is 30.4. The van der Waals surface area contributed by atoms with Gasteiger partial charge in [-0.2, -0.15) is 13.9 Å². The first-order valence-corrected chi connectivity index (χ1v) is 17.3. The van der Waals surface area contributed by atoms with Crippen molar-refractivity contribution in [3.63, 3.8) is 0 Å². The highest BCUT2D eigenvalue weighted by Crippen LogP contribution is 2.44. The third-order valence-electron chi connectivity index (χ3n) is 9.03. The van der Waals surface area contributed by atoms with Crippen LogP contribution in [0.25, 0.3) is 10.9 Å². The molecule has 3 aromatic rings. The monoisotopic (exact) mass is 747 g/mol. The summed E-state index contributed by atoms with van der Waals surface area (Å²) in [4.78, 5) is 59.1. The molecule has 0 saturated carbocycles. The van der Waals surface area contributed by atoms with Crippen LogP contribution in [0.3, 0.4) is 0 Å². The van der Waals surface area contributed by atoms with Crippen LogP contribution in [0.2, 0.25) is 0 Å². The van der Waals surface area contributed by atoms with E-state index >= 15 is 0 Å². The van der Waals surface area contributed by atoms with Crippen molar-refractivity contribution in [3.05, 3.63) is 35.7 Å². The standard InChI is InChI=1S/C34H45F2N7O7.CH2O2/c1-5-50-16-10-29(45)41-15-14-40(33(46)25-8-13-43(39-25)34(35)36)12-9-28(44)37-19-22-7-6-11-42(20-22)32-23(21-41)17-24-26(38-32)18-27(47-2)31(49-4)30(24)48-3;2-1-3/h8,13,17-18,22,34H,5-7,9-12,14-16,19-21H2,1-4H3,(H,37,44);1H,(H,2,3). The lowest BCUT2D eigenvalue weighted by Crippen LogP contribution is -2.43. The Bertz CT molecular complexity index is 1720. The molecular formula is C35H47F2N7O9. The Hall–Kier alpha value is -5.26. The highest BCUT2D eigenvalue weighted by Gasteiger charge is 2.29. The summed E-state index contributed by atoms with van der Waals surface area (Å²) >= 11 is 0. The number of alkyl halides is 2. The molecule has 0 aliphatic carbocycles. The molecule has 16 nitrogen and oxygen atoms in total. The number of piperidine rings is 1. The maximum absolute atomic E-state index is 13.8. The number of ether oxygens (including phenoxy) is 4. The Kier molecular flexibility index (Phi) is 14.9. The van der Waals surface area contributed by atoms with Gasteiger partial charge in [0.25, 0.3) is 12.4 Å². The summed E-state index contributed by atoms with van der Waals surface area (Å²) in [5.41, 5.74) is 1.18. The molecule has 4 heterocycles. The number of halogens is 2. The van der Waals surface area contributed by atoms with Crippen molar-refractivity contribution < 1.29 is 52.0 Å². The third kappa shape index (κ3) is 10.2. The van der Waals surface area contributed by atoms with E-state index in [4.69, 9.17) is 33.8 Å². The van der Waals surface area contributed by atoms with Gasteiger partial charge in [-0.3, -0.25) is 19.2 Å². The molecule has 1 atom stereocenters. The summed E-state index contributed by atoms with van der Waals surface area (Å²) in [6.45, 7) is 1.38. The van der Waals surface area contributed by atoms with Crippen molar-refractivity contribution in [1.82, 2.24) is 29.9 Å². The molecule has 1 saturated heterocycles. The quantitative estimate of drug-likeness (QED) is 0.242. The Morgan fingerprint density at radius 2 is 1.81 bits per heavy atom. The molecule has 1 fully saturated rings. The van der Waals surface area contributed by atoms with Gasteiger partial charge in [0.1, 0.15) is 5.82 Å². The van der Waals surface area contributed by atoms with Crippen LogP contribution < -0.4 is 24.4 Å². The molecule has 18 heteroatoms. The van der Waals surface area contributed by atoms with Crippen LogP contribution in [-0.4, -0.2) is 128 Å². The Morgan fingerprint density at radius 3 is 2.47 bits per heavy atom. The maximum atomic E-state index is 13.8. The number of hydrogen-bond acceptors (Lipinski definition) is 11. The average Bonchev–Trinajstić information content (AvgIpc) is 3.66. The smallest absolute Gasteiger partial charge is 0.333 e. The number of carboxylic acid groups (broad SMARTS) is 1. The van der Waals surface area contributed by atoms with Crippen molar-refractivity contribution in [1.29, 1.82) is 0 Å². The van der Waals surface area contributed by atoms with Gasteiger partial charge in [-0.1, -0.05) is 0 Å². The number of benzene rings is 1. The molecule has 1 unspecified atom stereocenters. The van der Waals surface area contributed by atoms with Crippen LogP contribution in [0.15, 0.2) is 24.4 Å². The fourth-order valence-corrected chi connectivity index (χ4v) is 6.46. The van der Waals surface area contributed by atoms with Gasteiger partial charge in [0, 0.05) is 82.1 Å². The van der Waals surface area contributed by atoms with E-state index in [1.54, 1.807) is 18.1 Å². The van der Waals surface area contributed by atoms with Gasteiger partial charge >= 0.3 is 6.55 Å². The van der Waals surface area contributed by atoms with Crippen LogP contribution in [0.4, 0.5) is 14.6 Å². The first-order chi connectivity index (χ1) is 25.6. The molecule has 0 spiro atoms. The molecule has 2 bridgehead atoms. The summed E-state index contributed by atoms with van der Waals surface area (Å²) in [7, 11) is 4.60. The number of pyridine rings is 1. The fraction of sp³-hybridized carbons (Fsp3) is 0.543. The molecule has 290 valence electrons. The minimum Gasteiger partial charge on any atom is -0.493 e. The van der Waals surface area contributed by atoms with Gasteiger partial charge in [0.15, 0.2) is 17.2 Å². The molecule has 5 rings (SSSR count). The molecule has 2 aromatic heterocycles. The largest absolute Gasteiger partial charge is 0.493 e. The minimum atomic E-state index is -2.91. The molecule has 3 amide bonds. The summed E-state index contributed by atoms with van der Waals surface area (Å²) in [6.07, 6.45) is 2.89. The molecular weight excluding hydrogens is 700 g/mol. The van der Waals surface area contributed by atoms with E-state index in [1.807, 2.05) is 13.0 Å². The second-order valence-corrected chi connectivity index (χ2v) is 12.3. The number of carbonyl (C=O) groups is 4. The number of carbonyl (C=O) groups excluding carboxylic acids is 3. The van der Waals surface area contributed by atoms with Crippen molar-refractivity contribution in [2.75, 3.05) is 78.7 Å². The number of anilines is 1. The maximum Gasteiger partial charge on any atom is 0.333 e. The first kappa shape index (κ1) is 40.5. The second-order valence-electron chi connectivity index (χ2n) is 12.3. The summed E-state index contributed by atoms with van der Waals surface area (Å²) in [5, 5.41) is 14.3. The summed E-state index contributed by atoms with van der Waals surface area (Å²) < 4.78 is 49.5. The molecule has 0 radical (unpaired) electrons. The summed E-state index contributed by atoms with van der Waals surface area (Å²) in [5.74, 6) is 1.03. The van der Waals surface area contributed by atoms with E-state index in [9.17, 15) is 23.2 Å². The van der Waals surface area contributed by atoms with Gasteiger partial charge in [-0.25, -0.2) is 9.67 Å². The van der Waals surface area contributed by atoms with E-state index in [2.05, 4.69) is 15.3 Å². The number of hydrogen-bond donors (Lipinski definition) is 2. The van der Waals surface area contributed by atoms with Crippen LogP contribution in [0.1, 0.15) is 55.2 Å². The van der Waals surface area contributed by atoms with Gasteiger partial charge < -0.3 is 44.1 Å². The molecule has 2 aliphatic rings. The zero-order valence-corrected chi connectivity index (χ0v) is 30.4. The van der Waals surface area contributed by atoms with Crippen LogP contribution in [0, 0.1) is 5.92 Å². The Balaban J connectivity index is 0.00000202. The highest BCUT2D eigenvalue weighted by atomic mass is 19.3. The molecule has 2 N–H and O–H groups in total. The van der Waals surface area contributed by atoms with Crippen LogP contribution >= 0.6 is 0 Å². The summed E-state index contributed by atoms with van der Waals surface area (Å²) in [6, 6.07) is 4.95. The number of nitrogens with one attached hydrogen (secondary N) is 1. The van der Waals surface area contributed by atoms with Gasteiger partial charge in [0.2, 0.25) is 17.6 Å². The SMILES string of the molecule is CCOCCC(=O)N1CCN(C(=O)c2ccn(C(F)F)n2)CCC(=O)NCC2CCCN(C2)c2nc3cc(OC)c(OC)c(OC)c3cc2C1.O=CO. The predicted octanol–water partition coefficient (Wildman–Crippen LogP) is 3.19. The van der Waals surface area contributed by atoms with Crippen LogP contribution in [0.5, 0.6) is 17.2 Å². The molecule has 53 heavy (non-hydrogen) atoms. The predicted molar refractivity (Wildman–Crippen MR) is 189 cm³/mol. The number of rotatable bonds is 9. The van der Waals surface area contributed by atoms with E-state index in [1.165, 1.54) is 25.2 Å². The van der Waals surface area contributed by atoms with Gasteiger partial charge in [-0.15, -0.1) is 0 Å². The van der Waals surface area contributed by atoms with E-state index in [-0.39, 0.29) is 75.5 Å². The van der Waals surface area contributed by atoms with Crippen molar-refractivity contribution in [2.45, 2.75) is 45.7 Å². The van der Waals surface area contributed by atoms with Gasteiger partial charge in [-0.05, 0) is 37.8 Å². The number of methoxy groups -OCH3 is 3. The number of fused-ring (bicyclic) bond motifs is 5. The lowest BCUT2D eigenvalue weighted by molar-refractivity contribution is -0.133. The van der Waals surface area contributed by atoms with Crippen molar-refractivity contribution in [3.8, 4) is 17.2 Å². The first-order valence-electron chi connectivity index (χ1n) is 17.3. The Labute approximate surface area is 305 Å². The van der Waals surface area contributed by atoms with E-state index < -0.39 is 12.5 Å². The lowest BCUT2D eigenvalue weighted by atomic mass is 9.97. The number of amides is 3. The molecule has 2 aliphatic heterocycles. The minimum absolute atomic E-state index is 0.00554. The topological polar surface area (TPSA) is 178 Å². The number of nitrogens with zero attached hydrogens (tertiary/aromatic N) is 6. The second kappa shape index (κ2) is 19.5. The van der Waals surface area contributed by atoms with Gasteiger partial charge in [0.05, 0.1) is 39.9 Å². The zero-order chi connectivity index (χ0) is 38.5. The van der Waals surface area contributed by atoms with E-state index in [0.717, 1.165) is 31.1 Å². The third-order valence-corrected chi connectivity index (χ3v) is 9.03. The fourth-order valence-electron chi connectivity index (χ4n) is 6.46.